The normalized spacial score (nSPS) is 10.1. The first kappa shape index (κ1) is 17.6. The molecule has 2 rings (SSSR count). The first-order chi connectivity index (χ1) is 11.5. The van der Waals surface area contributed by atoms with Crippen LogP contribution in [0.5, 0.6) is 0 Å². The molecule has 1 aromatic heterocycles. The van der Waals surface area contributed by atoms with Crippen molar-refractivity contribution in [3.05, 3.63) is 51.5 Å². The van der Waals surface area contributed by atoms with Gasteiger partial charge in [0.05, 0.1) is 10.7 Å². The number of aromatic nitrogens is 1. The van der Waals surface area contributed by atoms with E-state index in [4.69, 9.17) is 4.74 Å². The zero-order chi connectivity index (χ0) is 17.5. The van der Waals surface area contributed by atoms with Crippen LogP contribution in [0.1, 0.15) is 25.9 Å². The number of urea groups is 1. The third-order valence-corrected chi connectivity index (χ3v) is 4.03. The molecule has 2 N–H and O–H groups in total. The number of carbonyl (C=O) groups is 3. The molecule has 0 aliphatic heterocycles. The Hall–Kier alpha value is -2.74. The van der Waals surface area contributed by atoms with Gasteiger partial charge in [-0.2, -0.15) is 0 Å². The fourth-order valence-corrected chi connectivity index (χ4v) is 2.72. The first-order valence-electron chi connectivity index (χ1n) is 7.18. The lowest BCUT2D eigenvalue weighted by molar-refractivity contribution is -0.123. The number of amides is 3. The molecule has 3 amide bonds. The molecule has 0 saturated carbocycles. The van der Waals surface area contributed by atoms with Crippen molar-refractivity contribution in [1.29, 1.82) is 0 Å². The van der Waals surface area contributed by atoms with E-state index in [0.717, 1.165) is 10.6 Å². The quantitative estimate of drug-likeness (QED) is 0.806. The van der Waals surface area contributed by atoms with Gasteiger partial charge in [0, 0.05) is 6.54 Å². The van der Waals surface area contributed by atoms with Gasteiger partial charge in [-0.05, 0) is 19.4 Å². The van der Waals surface area contributed by atoms with Crippen LogP contribution in [0.2, 0.25) is 0 Å². The summed E-state index contributed by atoms with van der Waals surface area (Å²) in [7, 11) is 0. The van der Waals surface area contributed by atoms with Crippen molar-refractivity contribution in [1.82, 2.24) is 15.6 Å². The number of carbonyl (C=O) groups excluding carboxylic acids is 3. The molecule has 0 unspecified atom stereocenters. The van der Waals surface area contributed by atoms with Crippen molar-refractivity contribution < 1.29 is 19.1 Å². The summed E-state index contributed by atoms with van der Waals surface area (Å²) in [6.07, 6.45) is 0. The molecule has 0 radical (unpaired) electrons. The highest BCUT2D eigenvalue weighted by atomic mass is 32.1. The van der Waals surface area contributed by atoms with E-state index < -0.39 is 24.5 Å². The summed E-state index contributed by atoms with van der Waals surface area (Å²) in [5.41, 5.74) is 1.46. The second-order valence-corrected chi connectivity index (χ2v) is 6.14. The molecule has 0 spiro atoms. The van der Waals surface area contributed by atoms with Crippen molar-refractivity contribution in [3.8, 4) is 0 Å². The zero-order valence-electron chi connectivity index (χ0n) is 13.3. The van der Waals surface area contributed by atoms with E-state index in [9.17, 15) is 14.4 Å². The predicted octanol–water partition coefficient (Wildman–Crippen LogP) is 1.94. The molecule has 0 aliphatic rings. The molecule has 1 aromatic carbocycles. The van der Waals surface area contributed by atoms with E-state index in [2.05, 4.69) is 15.6 Å². The van der Waals surface area contributed by atoms with Crippen LogP contribution in [0.15, 0.2) is 30.3 Å². The highest BCUT2D eigenvalue weighted by molar-refractivity contribution is 7.13. The largest absolute Gasteiger partial charge is 0.451 e. The number of nitrogens with one attached hydrogen (secondary N) is 2. The molecule has 1 heterocycles. The number of benzene rings is 1. The van der Waals surface area contributed by atoms with E-state index in [1.165, 1.54) is 11.3 Å². The number of ether oxygens (including phenoxy) is 1. The van der Waals surface area contributed by atoms with Gasteiger partial charge in [-0.25, -0.2) is 14.6 Å². The van der Waals surface area contributed by atoms with E-state index in [1.807, 2.05) is 30.3 Å². The number of hydrogen-bond donors (Lipinski definition) is 2. The molecular weight excluding hydrogens is 330 g/mol. The Kier molecular flexibility index (Phi) is 6.02. The Bertz CT molecular complexity index is 743. The minimum absolute atomic E-state index is 0.291. The van der Waals surface area contributed by atoms with Crippen LogP contribution in [0.25, 0.3) is 0 Å². The van der Waals surface area contributed by atoms with Crippen LogP contribution in [0.4, 0.5) is 4.79 Å². The van der Waals surface area contributed by atoms with E-state index in [1.54, 1.807) is 13.8 Å². The van der Waals surface area contributed by atoms with Crippen molar-refractivity contribution in [2.75, 3.05) is 6.61 Å². The van der Waals surface area contributed by atoms with Crippen LogP contribution in [0.3, 0.4) is 0 Å². The number of thiazole rings is 1. The second-order valence-electron chi connectivity index (χ2n) is 4.94. The highest BCUT2D eigenvalue weighted by Crippen LogP contribution is 2.17. The van der Waals surface area contributed by atoms with Gasteiger partial charge < -0.3 is 10.1 Å². The predicted molar refractivity (Wildman–Crippen MR) is 88.7 cm³/mol. The van der Waals surface area contributed by atoms with Gasteiger partial charge in [0.2, 0.25) is 0 Å². The number of esters is 1. The van der Waals surface area contributed by atoms with Crippen molar-refractivity contribution in [2.24, 2.45) is 0 Å². The molecular formula is C16H17N3O4S. The van der Waals surface area contributed by atoms with Crippen LogP contribution in [-0.4, -0.2) is 29.5 Å². The summed E-state index contributed by atoms with van der Waals surface area (Å²) in [5.74, 6) is -1.33. The van der Waals surface area contributed by atoms with E-state index in [0.29, 0.717) is 17.1 Å². The van der Waals surface area contributed by atoms with E-state index >= 15 is 0 Å². The number of rotatable bonds is 5. The van der Waals surface area contributed by atoms with Gasteiger partial charge in [0.25, 0.3) is 5.91 Å². The minimum atomic E-state index is -0.701. The summed E-state index contributed by atoms with van der Waals surface area (Å²) in [6.45, 7) is 3.22. The molecule has 0 fully saturated rings. The fourth-order valence-electron chi connectivity index (χ4n) is 1.90. The second kappa shape index (κ2) is 8.21. The minimum Gasteiger partial charge on any atom is -0.451 e. The zero-order valence-corrected chi connectivity index (χ0v) is 14.1. The lowest BCUT2D eigenvalue weighted by Gasteiger charge is -2.07. The summed E-state index contributed by atoms with van der Waals surface area (Å²) in [6, 6.07) is 8.62. The molecule has 7 nitrogen and oxygen atoms in total. The summed E-state index contributed by atoms with van der Waals surface area (Å²) in [4.78, 5) is 39.6. The average Bonchev–Trinajstić information content (AvgIpc) is 2.90. The molecule has 24 heavy (non-hydrogen) atoms. The standard InChI is InChI=1S/C16H17N3O4S/c1-10-14(24-11(2)18-10)15(21)23-9-13(20)19-16(22)17-8-12-6-4-3-5-7-12/h3-7H,8-9H2,1-2H3,(H2,17,19,20,22). The topological polar surface area (TPSA) is 97.4 Å². The Morgan fingerprint density at radius 3 is 2.50 bits per heavy atom. The fraction of sp³-hybridized carbons (Fsp3) is 0.250. The average molecular weight is 347 g/mol. The molecule has 0 atom stereocenters. The third kappa shape index (κ3) is 5.17. The molecule has 0 bridgehead atoms. The van der Waals surface area contributed by atoms with Gasteiger partial charge >= 0.3 is 12.0 Å². The Balaban J connectivity index is 1.73. The SMILES string of the molecule is Cc1nc(C)c(C(=O)OCC(=O)NC(=O)NCc2ccccc2)s1. The van der Waals surface area contributed by atoms with Crippen LogP contribution < -0.4 is 10.6 Å². The number of aryl methyl sites for hydroxylation is 2. The Morgan fingerprint density at radius 1 is 1.17 bits per heavy atom. The monoisotopic (exact) mass is 347 g/mol. The van der Waals surface area contributed by atoms with Gasteiger partial charge in [-0.3, -0.25) is 10.1 Å². The third-order valence-electron chi connectivity index (χ3n) is 2.97. The summed E-state index contributed by atoms with van der Waals surface area (Å²) >= 11 is 1.20. The van der Waals surface area contributed by atoms with Crippen molar-refractivity contribution in [3.63, 3.8) is 0 Å². The van der Waals surface area contributed by atoms with Crippen molar-refractivity contribution in [2.45, 2.75) is 20.4 Å². The van der Waals surface area contributed by atoms with Crippen LogP contribution in [0, 0.1) is 13.8 Å². The van der Waals surface area contributed by atoms with Crippen LogP contribution in [-0.2, 0) is 16.1 Å². The van der Waals surface area contributed by atoms with Gasteiger partial charge in [-0.15, -0.1) is 11.3 Å². The first-order valence-corrected chi connectivity index (χ1v) is 8.00. The van der Waals surface area contributed by atoms with Gasteiger partial charge in [-0.1, -0.05) is 30.3 Å². The maximum Gasteiger partial charge on any atom is 0.350 e. The maximum absolute atomic E-state index is 11.8. The highest BCUT2D eigenvalue weighted by Gasteiger charge is 2.17. The summed E-state index contributed by atoms with van der Waals surface area (Å²) in [5, 5.41) is 5.38. The number of nitrogens with zero attached hydrogens (tertiary/aromatic N) is 1. The molecule has 0 aliphatic carbocycles. The van der Waals surface area contributed by atoms with Gasteiger partial charge in [0.15, 0.2) is 6.61 Å². The van der Waals surface area contributed by atoms with Crippen molar-refractivity contribution >= 4 is 29.2 Å². The Morgan fingerprint density at radius 2 is 1.88 bits per heavy atom. The Labute approximate surface area is 143 Å². The molecule has 8 heteroatoms. The lowest BCUT2D eigenvalue weighted by atomic mass is 10.2. The van der Waals surface area contributed by atoms with E-state index in [-0.39, 0.29) is 0 Å². The smallest absolute Gasteiger partial charge is 0.350 e. The molecule has 0 saturated heterocycles. The van der Waals surface area contributed by atoms with Crippen LogP contribution >= 0.6 is 11.3 Å². The molecule has 126 valence electrons. The number of imide groups is 1. The summed E-state index contributed by atoms with van der Waals surface area (Å²) < 4.78 is 4.89. The lowest BCUT2D eigenvalue weighted by Crippen LogP contribution is -2.41. The maximum atomic E-state index is 11.8. The molecule has 2 aromatic rings. The van der Waals surface area contributed by atoms with Gasteiger partial charge in [0.1, 0.15) is 4.88 Å². The number of hydrogen-bond acceptors (Lipinski definition) is 6.